The molecule has 2 aliphatic heterocycles. The number of hydrogen-bond donors (Lipinski definition) is 1. The third kappa shape index (κ3) is 4.38. The van der Waals surface area contributed by atoms with E-state index in [0.717, 1.165) is 41.5 Å². The molecule has 8 rings (SSSR count). The van der Waals surface area contributed by atoms with Crippen molar-refractivity contribution in [3.05, 3.63) is 136 Å². The van der Waals surface area contributed by atoms with Gasteiger partial charge >= 0.3 is 5.97 Å². The maximum absolute atomic E-state index is 16.1. The van der Waals surface area contributed by atoms with E-state index in [0.29, 0.717) is 35.5 Å². The SMILES string of the molecule is CC1(C)c2ccc(C(=O)O)cc2-c2c1c1c(c3c(F)cc(F)cc23)OC(c2ccc(F)cc2)(c2ccc(N3CCOCC3)cc2)C=C1. The second-order valence-corrected chi connectivity index (χ2v) is 12.8. The normalized spacial score (nSPS) is 19.2. The zero-order valence-corrected chi connectivity index (χ0v) is 25.7. The number of ether oxygens (including phenoxy) is 2. The third-order valence-corrected chi connectivity index (χ3v) is 9.84. The number of carboxylic acid groups (broad SMARTS) is 1. The Morgan fingerprint density at radius 2 is 1.53 bits per heavy atom. The van der Waals surface area contributed by atoms with Gasteiger partial charge in [0.15, 0.2) is 5.60 Å². The molecule has 0 saturated carbocycles. The molecule has 47 heavy (non-hydrogen) atoms. The summed E-state index contributed by atoms with van der Waals surface area (Å²) < 4.78 is 58.0. The molecule has 0 amide bonds. The summed E-state index contributed by atoms with van der Waals surface area (Å²) in [6.45, 7) is 6.85. The van der Waals surface area contributed by atoms with Crippen LogP contribution in [-0.2, 0) is 15.8 Å². The second kappa shape index (κ2) is 10.5. The molecular weight excluding hydrogens is 603 g/mol. The lowest BCUT2D eigenvalue weighted by molar-refractivity contribution is 0.0697. The molecule has 3 aliphatic rings. The van der Waals surface area contributed by atoms with Crippen molar-refractivity contribution in [3.63, 3.8) is 0 Å². The van der Waals surface area contributed by atoms with Crippen molar-refractivity contribution in [1.29, 1.82) is 0 Å². The summed E-state index contributed by atoms with van der Waals surface area (Å²) in [5.74, 6) is -2.82. The molecule has 2 heterocycles. The number of rotatable bonds is 4. The molecule has 1 fully saturated rings. The van der Waals surface area contributed by atoms with Crippen LogP contribution in [0.1, 0.15) is 52.0 Å². The summed E-state index contributed by atoms with van der Waals surface area (Å²) in [5.41, 5.74) is 3.99. The molecular formula is C39H30F3NO4. The number of anilines is 1. The van der Waals surface area contributed by atoms with Gasteiger partial charge in [-0.25, -0.2) is 18.0 Å². The van der Waals surface area contributed by atoms with Gasteiger partial charge in [-0.3, -0.25) is 0 Å². The zero-order valence-electron chi connectivity index (χ0n) is 25.7. The summed E-state index contributed by atoms with van der Waals surface area (Å²) in [4.78, 5) is 14.2. The summed E-state index contributed by atoms with van der Waals surface area (Å²) in [6, 6.07) is 21.0. The maximum Gasteiger partial charge on any atom is 0.335 e. The topological polar surface area (TPSA) is 59.0 Å². The average molecular weight is 634 g/mol. The number of nitrogens with zero attached hydrogens (tertiary/aromatic N) is 1. The van der Waals surface area contributed by atoms with Gasteiger partial charge in [0.05, 0.1) is 24.2 Å². The zero-order chi connectivity index (χ0) is 32.7. The van der Waals surface area contributed by atoms with E-state index >= 15 is 8.78 Å². The fraction of sp³-hybridized carbons (Fsp3) is 0.205. The molecule has 0 aromatic heterocycles. The first-order chi connectivity index (χ1) is 22.6. The average Bonchev–Trinajstić information content (AvgIpc) is 3.31. The summed E-state index contributed by atoms with van der Waals surface area (Å²) in [7, 11) is 0. The van der Waals surface area contributed by atoms with Crippen LogP contribution in [-0.4, -0.2) is 37.4 Å². The molecule has 5 nitrogen and oxygen atoms in total. The van der Waals surface area contributed by atoms with Crippen molar-refractivity contribution in [2.45, 2.75) is 24.9 Å². The Balaban J connectivity index is 1.39. The predicted octanol–water partition coefficient (Wildman–Crippen LogP) is 8.45. The van der Waals surface area contributed by atoms with E-state index in [4.69, 9.17) is 9.47 Å². The standard InChI is InChI=1S/C39H30F3NO4/c1-38(2)31-12-3-22(37(44)45)19-29(31)33-30-20-26(41)21-32(42)34(30)36-28(35(33)38)13-14-39(47-36,23-4-8-25(40)9-5-23)24-6-10-27(11-7-24)43-15-17-46-18-16-43/h3-14,19-21H,15-18H2,1-2H3,(H,44,45). The van der Waals surface area contributed by atoms with E-state index in [-0.39, 0.29) is 22.1 Å². The summed E-state index contributed by atoms with van der Waals surface area (Å²) >= 11 is 0. The highest BCUT2D eigenvalue weighted by Gasteiger charge is 2.45. The van der Waals surface area contributed by atoms with Gasteiger partial charge in [0, 0.05) is 46.9 Å². The first kappa shape index (κ1) is 29.3. The molecule has 5 aromatic carbocycles. The number of carboxylic acids is 1. The van der Waals surface area contributed by atoms with Crippen LogP contribution in [0.3, 0.4) is 0 Å². The van der Waals surface area contributed by atoms with Crippen LogP contribution in [0.25, 0.3) is 28.0 Å². The van der Waals surface area contributed by atoms with Crippen LogP contribution >= 0.6 is 0 Å². The van der Waals surface area contributed by atoms with Crippen molar-refractivity contribution >= 4 is 28.5 Å². The van der Waals surface area contributed by atoms with E-state index in [9.17, 15) is 14.3 Å². The maximum atomic E-state index is 16.1. The van der Waals surface area contributed by atoms with E-state index in [1.54, 1.807) is 30.3 Å². The fourth-order valence-corrected chi connectivity index (χ4v) is 7.59. The molecule has 1 saturated heterocycles. The minimum Gasteiger partial charge on any atom is -0.478 e. The van der Waals surface area contributed by atoms with Crippen LogP contribution in [0.5, 0.6) is 5.75 Å². The van der Waals surface area contributed by atoms with Crippen molar-refractivity contribution < 1.29 is 32.5 Å². The summed E-state index contributed by atoms with van der Waals surface area (Å²) in [6.07, 6.45) is 3.81. The molecule has 1 unspecified atom stereocenters. The van der Waals surface area contributed by atoms with E-state index < -0.39 is 34.4 Å². The van der Waals surface area contributed by atoms with Crippen LogP contribution in [0.15, 0.2) is 84.9 Å². The number of aromatic carboxylic acids is 1. The number of fused-ring (bicyclic) bond motifs is 8. The largest absolute Gasteiger partial charge is 0.478 e. The Morgan fingerprint density at radius 3 is 2.21 bits per heavy atom. The minimum atomic E-state index is -1.28. The number of halogens is 3. The Morgan fingerprint density at radius 1 is 0.851 bits per heavy atom. The van der Waals surface area contributed by atoms with Gasteiger partial charge in [0.25, 0.3) is 0 Å². The van der Waals surface area contributed by atoms with Gasteiger partial charge in [-0.05, 0) is 76.2 Å². The molecule has 0 spiro atoms. The van der Waals surface area contributed by atoms with Crippen molar-refractivity contribution in [1.82, 2.24) is 0 Å². The molecule has 0 radical (unpaired) electrons. The van der Waals surface area contributed by atoms with E-state index in [2.05, 4.69) is 4.90 Å². The van der Waals surface area contributed by atoms with E-state index in [1.165, 1.54) is 18.2 Å². The van der Waals surface area contributed by atoms with Gasteiger partial charge < -0.3 is 19.5 Å². The Bertz CT molecular complexity index is 2130. The molecule has 1 N–H and O–H groups in total. The molecule has 0 bridgehead atoms. The van der Waals surface area contributed by atoms with Crippen LogP contribution < -0.4 is 9.64 Å². The van der Waals surface area contributed by atoms with Gasteiger partial charge in [0.1, 0.15) is 23.2 Å². The number of benzene rings is 5. The smallest absolute Gasteiger partial charge is 0.335 e. The highest BCUT2D eigenvalue weighted by molar-refractivity contribution is 6.09. The van der Waals surface area contributed by atoms with Crippen molar-refractivity contribution in [2.24, 2.45) is 0 Å². The van der Waals surface area contributed by atoms with Crippen LogP contribution in [0, 0.1) is 17.5 Å². The molecule has 236 valence electrons. The lowest BCUT2D eigenvalue weighted by Crippen LogP contribution is -2.37. The predicted molar refractivity (Wildman–Crippen MR) is 175 cm³/mol. The third-order valence-electron chi connectivity index (χ3n) is 9.84. The lowest BCUT2D eigenvalue weighted by Gasteiger charge is -2.38. The Hall–Kier alpha value is -5.08. The van der Waals surface area contributed by atoms with E-state index in [1.807, 2.05) is 50.3 Å². The number of hydrogen-bond acceptors (Lipinski definition) is 4. The Kier molecular flexibility index (Phi) is 6.53. The van der Waals surface area contributed by atoms with Gasteiger partial charge in [-0.2, -0.15) is 0 Å². The van der Waals surface area contributed by atoms with Gasteiger partial charge in [-0.1, -0.05) is 50.3 Å². The molecule has 5 aromatic rings. The quantitative estimate of drug-likeness (QED) is 0.215. The molecule has 8 heteroatoms. The van der Waals surface area contributed by atoms with Gasteiger partial charge in [0.2, 0.25) is 0 Å². The lowest BCUT2D eigenvalue weighted by atomic mass is 9.76. The second-order valence-electron chi connectivity index (χ2n) is 12.8. The minimum absolute atomic E-state index is 0.0813. The fourth-order valence-electron chi connectivity index (χ4n) is 7.59. The Labute approximate surface area is 269 Å². The van der Waals surface area contributed by atoms with Crippen LogP contribution in [0.4, 0.5) is 18.9 Å². The monoisotopic (exact) mass is 633 g/mol. The highest BCUT2D eigenvalue weighted by Crippen LogP contribution is 2.58. The summed E-state index contributed by atoms with van der Waals surface area (Å²) in [5, 5.41) is 10.2. The first-order valence-corrected chi connectivity index (χ1v) is 15.5. The number of carbonyl (C=O) groups is 1. The van der Waals surface area contributed by atoms with Crippen molar-refractivity contribution in [3.8, 4) is 16.9 Å². The first-order valence-electron chi connectivity index (χ1n) is 15.5. The molecule has 1 aliphatic carbocycles. The number of morpholine rings is 1. The van der Waals surface area contributed by atoms with Crippen molar-refractivity contribution in [2.75, 3.05) is 31.2 Å². The van der Waals surface area contributed by atoms with Gasteiger partial charge in [-0.15, -0.1) is 0 Å². The molecule has 1 atom stereocenters. The van der Waals surface area contributed by atoms with Crippen LogP contribution in [0.2, 0.25) is 0 Å². The highest BCUT2D eigenvalue weighted by atomic mass is 19.1.